The van der Waals surface area contributed by atoms with Gasteiger partial charge in [-0.1, -0.05) is 97.7 Å². The van der Waals surface area contributed by atoms with Crippen molar-refractivity contribution in [2.45, 2.75) is 45.5 Å². The molecule has 3 aromatic rings. The first-order valence-corrected chi connectivity index (χ1v) is 13.8. The molecule has 2 amide bonds. The summed E-state index contributed by atoms with van der Waals surface area (Å²) in [6.07, 6.45) is 0.460. The zero-order chi connectivity index (χ0) is 25.9. The number of aryl methyl sites for hydroxylation is 1. The van der Waals surface area contributed by atoms with Gasteiger partial charge in [-0.15, -0.1) is 11.8 Å². The number of benzene rings is 3. The second-order valence-corrected chi connectivity index (χ2v) is 10.9. The monoisotopic (exact) mass is 522 g/mol. The van der Waals surface area contributed by atoms with Crippen molar-refractivity contribution in [3.63, 3.8) is 0 Å². The molecule has 3 rings (SSSR count). The van der Waals surface area contributed by atoms with Crippen LogP contribution in [0.5, 0.6) is 0 Å². The number of carbonyl (C=O) groups excluding carboxylic acids is 2. The van der Waals surface area contributed by atoms with Crippen molar-refractivity contribution in [2.75, 3.05) is 12.3 Å². The molecule has 36 heavy (non-hydrogen) atoms. The normalized spacial score (nSPS) is 11.8. The minimum Gasteiger partial charge on any atom is -0.354 e. The second kappa shape index (κ2) is 14.1. The van der Waals surface area contributed by atoms with Crippen LogP contribution in [-0.2, 0) is 28.3 Å². The van der Waals surface area contributed by atoms with Gasteiger partial charge in [0, 0.05) is 30.3 Å². The smallest absolute Gasteiger partial charge is 0.243 e. The van der Waals surface area contributed by atoms with Crippen LogP contribution in [0, 0.1) is 12.8 Å². The Hall–Kier alpha value is -2.76. The lowest BCUT2D eigenvalue weighted by Crippen LogP contribution is -2.51. The van der Waals surface area contributed by atoms with Crippen LogP contribution in [0.4, 0.5) is 0 Å². The van der Waals surface area contributed by atoms with E-state index in [1.54, 1.807) is 4.90 Å². The van der Waals surface area contributed by atoms with Crippen molar-refractivity contribution >= 4 is 35.2 Å². The van der Waals surface area contributed by atoms with E-state index in [-0.39, 0.29) is 17.6 Å². The molecule has 0 aliphatic rings. The number of amides is 2. The third-order valence-corrected chi connectivity index (χ3v) is 7.00. The van der Waals surface area contributed by atoms with E-state index in [9.17, 15) is 9.59 Å². The number of hydrogen-bond donors (Lipinski definition) is 1. The Morgan fingerprint density at radius 3 is 2.31 bits per heavy atom. The van der Waals surface area contributed by atoms with Gasteiger partial charge in [-0.3, -0.25) is 9.59 Å². The highest BCUT2D eigenvalue weighted by atomic mass is 35.5. The van der Waals surface area contributed by atoms with E-state index < -0.39 is 6.04 Å². The number of nitrogens with zero attached hydrogens (tertiary/aromatic N) is 1. The van der Waals surface area contributed by atoms with E-state index in [2.05, 4.69) is 25.2 Å². The summed E-state index contributed by atoms with van der Waals surface area (Å²) < 4.78 is 0. The summed E-state index contributed by atoms with van der Waals surface area (Å²) in [6.45, 7) is 7.11. The van der Waals surface area contributed by atoms with E-state index >= 15 is 0 Å². The largest absolute Gasteiger partial charge is 0.354 e. The quantitative estimate of drug-likeness (QED) is 0.304. The van der Waals surface area contributed by atoms with Gasteiger partial charge in [0.1, 0.15) is 6.04 Å². The molecule has 0 saturated heterocycles. The molecular formula is C30H35ClN2O2S. The molecule has 0 bridgehead atoms. The van der Waals surface area contributed by atoms with Crippen molar-refractivity contribution in [2.24, 2.45) is 5.92 Å². The molecule has 0 heterocycles. The average Bonchev–Trinajstić information content (AvgIpc) is 2.85. The summed E-state index contributed by atoms with van der Waals surface area (Å²) in [4.78, 5) is 28.9. The van der Waals surface area contributed by atoms with Gasteiger partial charge in [-0.25, -0.2) is 0 Å². The van der Waals surface area contributed by atoms with Crippen LogP contribution in [0.25, 0.3) is 0 Å². The molecule has 3 aromatic carbocycles. The van der Waals surface area contributed by atoms with Gasteiger partial charge >= 0.3 is 0 Å². The van der Waals surface area contributed by atoms with Crippen LogP contribution in [0.15, 0.2) is 78.9 Å². The second-order valence-electron chi connectivity index (χ2n) is 9.48. The molecule has 0 aromatic heterocycles. The lowest BCUT2D eigenvalue weighted by atomic mass is 10.0. The first-order chi connectivity index (χ1) is 17.3. The molecule has 0 spiro atoms. The molecule has 1 N–H and O–H groups in total. The number of carbonyl (C=O) groups is 2. The van der Waals surface area contributed by atoms with Gasteiger partial charge in [0.25, 0.3) is 0 Å². The maximum atomic E-state index is 13.7. The summed E-state index contributed by atoms with van der Waals surface area (Å²) in [6, 6.07) is 25.1. The highest BCUT2D eigenvalue weighted by molar-refractivity contribution is 7.99. The fraction of sp³-hybridized carbons (Fsp3) is 0.333. The Kier molecular flexibility index (Phi) is 10.9. The molecule has 6 heteroatoms. The van der Waals surface area contributed by atoms with Crippen molar-refractivity contribution < 1.29 is 9.59 Å². The molecule has 0 aliphatic carbocycles. The summed E-state index contributed by atoms with van der Waals surface area (Å²) in [5.41, 5.74) is 4.23. The van der Waals surface area contributed by atoms with Crippen LogP contribution < -0.4 is 5.32 Å². The number of halogens is 1. The van der Waals surface area contributed by atoms with E-state index in [4.69, 9.17) is 11.6 Å². The Balaban J connectivity index is 1.84. The first kappa shape index (κ1) is 27.8. The van der Waals surface area contributed by atoms with Gasteiger partial charge in [-0.2, -0.15) is 0 Å². The van der Waals surface area contributed by atoms with E-state index in [1.807, 2.05) is 79.7 Å². The Morgan fingerprint density at radius 2 is 1.61 bits per heavy atom. The lowest BCUT2D eigenvalue weighted by molar-refractivity contribution is -0.139. The van der Waals surface area contributed by atoms with Gasteiger partial charge in [0.2, 0.25) is 11.8 Å². The molecule has 0 fully saturated rings. The summed E-state index contributed by atoms with van der Waals surface area (Å²) in [5, 5.41) is 3.75. The summed E-state index contributed by atoms with van der Waals surface area (Å²) >= 11 is 7.65. The molecule has 1 unspecified atom stereocenters. The molecule has 0 saturated carbocycles. The molecule has 1 atom stereocenters. The third kappa shape index (κ3) is 9.03. The summed E-state index contributed by atoms with van der Waals surface area (Å²) in [5.74, 6) is 1.10. The van der Waals surface area contributed by atoms with Gasteiger partial charge in [0.15, 0.2) is 0 Å². The number of hydrogen-bond acceptors (Lipinski definition) is 3. The number of thioether (sulfide) groups is 1. The highest BCUT2D eigenvalue weighted by Crippen LogP contribution is 2.20. The van der Waals surface area contributed by atoms with Crippen molar-refractivity contribution in [1.82, 2.24) is 10.2 Å². The molecule has 0 radical (unpaired) electrons. The average molecular weight is 523 g/mol. The van der Waals surface area contributed by atoms with Gasteiger partial charge in [-0.05, 0) is 41.7 Å². The van der Waals surface area contributed by atoms with Gasteiger partial charge < -0.3 is 10.2 Å². The molecular weight excluding hydrogens is 488 g/mol. The minimum absolute atomic E-state index is 0.0517. The fourth-order valence-electron chi connectivity index (χ4n) is 3.95. The SMILES string of the molecule is Cc1cccc(CN(C(=O)CSCc2cccc(Cl)c2)C(Cc2ccccc2)C(=O)NCC(C)C)c1. The zero-order valence-electron chi connectivity index (χ0n) is 21.2. The number of rotatable bonds is 12. The Labute approximate surface area is 224 Å². The number of nitrogens with one attached hydrogen (secondary N) is 1. The predicted octanol–water partition coefficient (Wildman–Crippen LogP) is 6.29. The first-order valence-electron chi connectivity index (χ1n) is 12.3. The lowest BCUT2D eigenvalue weighted by Gasteiger charge is -2.32. The zero-order valence-corrected chi connectivity index (χ0v) is 22.8. The van der Waals surface area contributed by atoms with Crippen molar-refractivity contribution in [3.8, 4) is 0 Å². The predicted molar refractivity (Wildman–Crippen MR) is 151 cm³/mol. The molecule has 0 aliphatic heterocycles. The molecule has 4 nitrogen and oxygen atoms in total. The van der Waals surface area contributed by atoms with E-state index in [0.29, 0.717) is 36.2 Å². The molecule has 190 valence electrons. The maximum absolute atomic E-state index is 13.7. The van der Waals surface area contributed by atoms with Crippen molar-refractivity contribution in [1.29, 1.82) is 0 Å². The minimum atomic E-state index is -0.606. The van der Waals surface area contributed by atoms with Crippen LogP contribution in [0.1, 0.15) is 36.1 Å². The van der Waals surface area contributed by atoms with Crippen LogP contribution in [0.3, 0.4) is 0 Å². The Bertz CT molecular complexity index is 1140. The Morgan fingerprint density at radius 1 is 0.917 bits per heavy atom. The van der Waals surface area contributed by atoms with Crippen LogP contribution >= 0.6 is 23.4 Å². The van der Waals surface area contributed by atoms with Crippen LogP contribution in [0.2, 0.25) is 5.02 Å². The van der Waals surface area contributed by atoms with Crippen LogP contribution in [-0.4, -0.2) is 35.1 Å². The van der Waals surface area contributed by atoms with E-state index in [1.165, 1.54) is 11.8 Å². The highest BCUT2D eigenvalue weighted by Gasteiger charge is 2.30. The van der Waals surface area contributed by atoms with Crippen molar-refractivity contribution in [3.05, 3.63) is 106 Å². The maximum Gasteiger partial charge on any atom is 0.243 e. The van der Waals surface area contributed by atoms with Gasteiger partial charge in [0.05, 0.1) is 5.75 Å². The van der Waals surface area contributed by atoms with E-state index in [0.717, 1.165) is 22.3 Å². The summed E-state index contributed by atoms with van der Waals surface area (Å²) in [7, 11) is 0. The standard InChI is InChI=1S/C30H35ClN2O2S/c1-22(2)18-32-30(35)28(17-24-10-5-4-6-11-24)33(19-25-12-7-9-23(3)15-25)29(34)21-36-20-26-13-8-14-27(31)16-26/h4-16,22,28H,17-21H2,1-3H3,(H,32,35). The topological polar surface area (TPSA) is 49.4 Å². The fourth-order valence-corrected chi connectivity index (χ4v) is 5.02. The third-order valence-electron chi connectivity index (χ3n) is 5.77.